The Bertz CT molecular complexity index is 1480. The normalized spacial score (nSPS) is 17.8. The molecule has 2 aliphatic heterocycles. The van der Waals surface area contributed by atoms with Crippen molar-refractivity contribution in [2.75, 3.05) is 29.8 Å². The van der Waals surface area contributed by atoms with E-state index in [2.05, 4.69) is 5.32 Å². The van der Waals surface area contributed by atoms with Gasteiger partial charge in [-0.15, -0.1) is 0 Å². The first-order chi connectivity index (χ1) is 18.2. The summed E-state index contributed by atoms with van der Waals surface area (Å²) < 4.78 is 39.8. The Morgan fingerprint density at radius 3 is 2.58 bits per heavy atom. The molecule has 5 rings (SSSR count). The summed E-state index contributed by atoms with van der Waals surface area (Å²) >= 11 is 0. The fourth-order valence-electron chi connectivity index (χ4n) is 5.24. The lowest BCUT2D eigenvalue weighted by molar-refractivity contribution is -0.139. The van der Waals surface area contributed by atoms with Crippen LogP contribution in [0.4, 0.5) is 5.69 Å². The second-order valence-electron chi connectivity index (χ2n) is 9.67. The van der Waals surface area contributed by atoms with Gasteiger partial charge in [-0.2, -0.15) is 0 Å². The maximum Gasteiger partial charge on any atom is 0.323 e. The van der Waals surface area contributed by atoms with Gasteiger partial charge in [0.1, 0.15) is 17.7 Å². The Hall–Kier alpha value is -3.63. The third-order valence-electron chi connectivity index (χ3n) is 7.04. The standard InChI is InChI=1S/C28H32N4O5S/c1-2-36-27(33)17-38(34,35)32-25-8-7-24(37-23-9-11-31-12-10-23)15-22(25)16-26(32)19-5-3-18-4-6-20(28(29)30)14-21(18)13-19/h3-8,13-15,23,26,31H,2,9-12,16-17H2,1H3,(H3,29,30). The molecule has 1 atom stereocenters. The van der Waals surface area contributed by atoms with Gasteiger partial charge < -0.3 is 20.5 Å². The van der Waals surface area contributed by atoms with E-state index in [0.29, 0.717) is 23.4 Å². The van der Waals surface area contributed by atoms with Crippen molar-refractivity contribution < 1.29 is 22.7 Å². The SMILES string of the molecule is CCOC(=O)CS(=O)(=O)N1c2ccc(OC3CCNCC3)cc2CC1c1ccc2ccc(C(=N)N)cc2c1. The number of hydrogen-bond donors (Lipinski definition) is 3. The molecule has 0 radical (unpaired) electrons. The highest BCUT2D eigenvalue weighted by molar-refractivity contribution is 7.93. The lowest BCUT2D eigenvalue weighted by atomic mass is 9.98. The summed E-state index contributed by atoms with van der Waals surface area (Å²) in [5.41, 5.74) is 8.44. The molecule has 0 bridgehead atoms. The molecule has 3 aromatic rings. The van der Waals surface area contributed by atoms with Crippen molar-refractivity contribution in [1.29, 1.82) is 5.41 Å². The molecule has 1 fully saturated rings. The Morgan fingerprint density at radius 2 is 1.84 bits per heavy atom. The molecule has 3 aromatic carbocycles. The summed E-state index contributed by atoms with van der Waals surface area (Å²) in [5.74, 6) is -0.851. The van der Waals surface area contributed by atoms with Crippen molar-refractivity contribution in [3.63, 3.8) is 0 Å². The summed E-state index contributed by atoms with van der Waals surface area (Å²) in [6.07, 6.45) is 2.38. The van der Waals surface area contributed by atoms with E-state index in [1.807, 2.05) is 36.4 Å². The van der Waals surface area contributed by atoms with Crippen LogP contribution < -0.4 is 20.1 Å². The number of fused-ring (bicyclic) bond motifs is 2. The van der Waals surface area contributed by atoms with Crippen LogP contribution in [0.3, 0.4) is 0 Å². The van der Waals surface area contributed by atoms with Crippen LogP contribution in [0.5, 0.6) is 5.75 Å². The van der Waals surface area contributed by atoms with Crippen LogP contribution >= 0.6 is 0 Å². The summed E-state index contributed by atoms with van der Waals surface area (Å²) in [4.78, 5) is 12.2. The first-order valence-electron chi connectivity index (χ1n) is 12.8. The molecule has 9 nitrogen and oxygen atoms in total. The number of piperidine rings is 1. The number of hydrogen-bond acceptors (Lipinski definition) is 7. The summed E-state index contributed by atoms with van der Waals surface area (Å²) in [7, 11) is -4.05. The molecule has 1 saturated heterocycles. The van der Waals surface area contributed by atoms with Gasteiger partial charge in [0.25, 0.3) is 0 Å². The maximum absolute atomic E-state index is 13.6. The molecular formula is C28H32N4O5S. The van der Waals surface area contributed by atoms with Crippen LogP contribution in [0, 0.1) is 5.41 Å². The average Bonchev–Trinajstić information content (AvgIpc) is 3.28. The zero-order valence-electron chi connectivity index (χ0n) is 21.3. The van der Waals surface area contributed by atoms with Gasteiger partial charge in [-0.1, -0.05) is 24.3 Å². The minimum Gasteiger partial charge on any atom is -0.490 e. The molecular weight excluding hydrogens is 504 g/mol. The number of rotatable bonds is 8. The van der Waals surface area contributed by atoms with Crippen LogP contribution in [0.15, 0.2) is 54.6 Å². The molecule has 200 valence electrons. The Morgan fingerprint density at radius 1 is 1.08 bits per heavy atom. The summed E-state index contributed by atoms with van der Waals surface area (Å²) in [5, 5.41) is 12.9. The monoisotopic (exact) mass is 536 g/mol. The minimum atomic E-state index is -4.05. The number of nitrogens with one attached hydrogen (secondary N) is 2. The van der Waals surface area contributed by atoms with Crippen LogP contribution in [-0.4, -0.2) is 51.8 Å². The van der Waals surface area contributed by atoms with Crippen LogP contribution in [0.2, 0.25) is 0 Å². The van der Waals surface area contributed by atoms with E-state index in [1.165, 1.54) is 4.31 Å². The number of benzene rings is 3. The molecule has 4 N–H and O–H groups in total. The summed E-state index contributed by atoms with van der Waals surface area (Å²) in [6, 6.07) is 16.2. The van der Waals surface area contributed by atoms with Crippen LogP contribution in [0.1, 0.15) is 42.5 Å². The number of nitrogen functional groups attached to an aromatic ring is 1. The fourth-order valence-corrected chi connectivity index (χ4v) is 6.82. The second kappa shape index (κ2) is 10.6. The lowest BCUT2D eigenvalue weighted by Gasteiger charge is -2.27. The number of ether oxygens (including phenoxy) is 2. The number of nitrogens with zero attached hydrogens (tertiary/aromatic N) is 1. The third-order valence-corrected chi connectivity index (χ3v) is 8.69. The molecule has 0 spiro atoms. The van der Waals surface area contributed by atoms with Crippen LogP contribution in [-0.2, 0) is 26.0 Å². The van der Waals surface area contributed by atoms with Gasteiger partial charge in [0, 0.05) is 12.0 Å². The molecule has 0 aliphatic carbocycles. The summed E-state index contributed by atoms with van der Waals surface area (Å²) in [6.45, 7) is 3.57. The molecule has 38 heavy (non-hydrogen) atoms. The number of carbonyl (C=O) groups is 1. The van der Waals surface area contributed by atoms with Gasteiger partial charge in [-0.05, 0) is 85.1 Å². The van der Waals surface area contributed by atoms with E-state index in [0.717, 1.165) is 47.8 Å². The fraction of sp³-hybridized carbons (Fsp3) is 0.357. The predicted octanol–water partition coefficient (Wildman–Crippen LogP) is 3.25. The van der Waals surface area contributed by atoms with Crippen molar-refractivity contribution in [3.8, 4) is 5.75 Å². The Labute approximate surface area is 222 Å². The van der Waals surface area contributed by atoms with Gasteiger partial charge in [-0.25, -0.2) is 8.42 Å². The zero-order valence-corrected chi connectivity index (χ0v) is 22.1. The van der Waals surface area contributed by atoms with Crippen LogP contribution in [0.25, 0.3) is 10.8 Å². The lowest BCUT2D eigenvalue weighted by Crippen LogP contribution is -2.37. The molecule has 2 aliphatic rings. The number of sulfonamides is 1. The van der Waals surface area contributed by atoms with Crippen molar-refractivity contribution in [3.05, 3.63) is 71.3 Å². The van der Waals surface area contributed by atoms with Gasteiger partial charge in [0.15, 0.2) is 5.75 Å². The van der Waals surface area contributed by atoms with E-state index in [9.17, 15) is 13.2 Å². The van der Waals surface area contributed by atoms with Gasteiger partial charge >= 0.3 is 5.97 Å². The second-order valence-corrected chi connectivity index (χ2v) is 11.5. The number of esters is 1. The topological polar surface area (TPSA) is 135 Å². The molecule has 0 saturated carbocycles. The van der Waals surface area contributed by atoms with Crippen molar-refractivity contribution in [2.24, 2.45) is 5.73 Å². The first-order valence-corrected chi connectivity index (χ1v) is 14.4. The third kappa shape index (κ3) is 5.32. The Kier molecular flexibility index (Phi) is 7.27. The highest BCUT2D eigenvalue weighted by atomic mass is 32.2. The smallest absolute Gasteiger partial charge is 0.323 e. The van der Waals surface area contributed by atoms with E-state index in [-0.39, 0.29) is 18.5 Å². The Balaban J connectivity index is 1.53. The molecule has 1 unspecified atom stereocenters. The zero-order chi connectivity index (χ0) is 26.9. The molecule has 10 heteroatoms. The maximum atomic E-state index is 13.6. The average molecular weight is 537 g/mol. The van der Waals surface area contributed by atoms with Gasteiger partial charge in [0.05, 0.1) is 18.3 Å². The number of anilines is 1. The minimum absolute atomic E-state index is 0.0366. The van der Waals surface area contributed by atoms with Crippen molar-refractivity contribution in [2.45, 2.75) is 38.3 Å². The molecule has 0 aromatic heterocycles. The van der Waals surface area contributed by atoms with Crippen molar-refractivity contribution >= 4 is 38.3 Å². The number of nitrogens with two attached hydrogens (primary N) is 1. The van der Waals surface area contributed by atoms with E-state index >= 15 is 0 Å². The highest BCUT2D eigenvalue weighted by Gasteiger charge is 2.40. The highest BCUT2D eigenvalue weighted by Crippen LogP contribution is 2.44. The van der Waals surface area contributed by atoms with Crippen molar-refractivity contribution in [1.82, 2.24) is 5.32 Å². The quantitative estimate of drug-likeness (QED) is 0.228. The van der Waals surface area contributed by atoms with E-state index in [4.69, 9.17) is 20.6 Å². The molecule has 2 heterocycles. The predicted molar refractivity (Wildman–Crippen MR) is 147 cm³/mol. The number of amidine groups is 1. The molecule has 0 amide bonds. The first kappa shape index (κ1) is 26.0. The van der Waals surface area contributed by atoms with E-state index in [1.54, 1.807) is 25.1 Å². The largest absolute Gasteiger partial charge is 0.490 e. The van der Waals surface area contributed by atoms with Gasteiger partial charge in [-0.3, -0.25) is 14.5 Å². The van der Waals surface area contributed by atoms with Gasteiger partial charge in [0.2, 0.25) is 10.0 Å². The van der Waals surface area contributed by atoms with E-state index < -0.39 is 27.8 Å². The number of carbonyl (C=O) groups excluding carboxylic acids is 1.